The van der Waals surface area contributed by atoms with E-state index in [0.29, 0.717) is 0 Å². The van der Waals surface area contributed by atoms with Gasteiger partial charge in [0, 0.05) is 16.5 Å². The van der Waals surface area contributed by atoms with Gasteiger partial charge in [-0.15, -0.1) is 0 Å². The zero-order valence-corrected chi connectivity index (χ0v) is 17.8. The normalized spacial score (nSPS) is 13.0. The summed E-state index contributed by atoms with van der Waals surface area (Å²) < 4.78 is 8.90. The highest BCUT2D eigenvalue weighted by molar-refractivity contribution is 6.99. The highest BCUT2D eigenvalue weighted by Crippen LogP contribution is 2.38. The number of nitrogens with zero attached hydrogens (tertiary/aromatic N) is 1. The lowest BCUT2D eigenvalue weighted by Crippen LogP contribution is -2.58. The van der Waals surface area contributed by atoms with Crippen LogP contribution in [0.1, 0.15) is 0 Å². The molecule has 2 nitrogen and oxygen atoms in total. The van der Waals surface area contributed by atoms with Gasteiger partial charge in [-0.2, -0.15) is 0 Å². The van der Waals surface area contributed by atoms with Crippen LogP contribution < -0.4 is 21.1 Å². The molecule has 0 bridgehead atoms. The predicted octanol–water partition coefficient (Wildman–Crippen LogP) is 5.39. The van der Waals surface area contributed by atoms with Crippen LogP contribution in [0, 0.1) is 0 Å². The monoisotopic (exact) mass is 419 g/mol. The second kappa shape index (κ2) is 6.17. The maximum atomic E-state index is 6.46. The summed E-state index contributed by atoms with van der Waals surface area (Å²) in [6.07, 6.45) is 0. The summed E-state index contributed by atoms with van der Waals surface area (Å²) in [5, 5.41) is 2.57. The molecule has 8 rings (SSSR count). The molecule has 0 spiro atoms. The minimum Gasteiger partial charge on any atom is -0.458 e. The minimum absolute atomic E-state index is 0.143. The Kier molecular flexibility index (Phi) is 3.24. The second-order valence-corrected chi connectivity index (χ2v) is 8.94. The summed E-state index contributed by atoms with van der Waals surface area (Å²) in [6, 6.07) is 39.2. The fourth-order valence-electron chi connectivity index (χ4n) is 5.89. The third-order valence-corrected chi connectivity index (χ3v) is 7.26. The number of hydrogen-bond donors (Lipinski definition) is 0. The smallest absolute Gasteiger partial charge is 0.256 e. The molecular formula is C30H18BNO. The number of rotatable bonds is 1. The van der Waals surface area contributed by atoms with Gasteiger partial charge >= 0.3 is 0 Å². The van der Waals surface area contributed by atoms with Crippen molar-refractivity contribution in [2.45, 2.75) is 0 Å². The Morgan fingerprint density at radius 3 is 2.33 bits per heavy atom. The van der Waals surface area contributed by atoms with E-state index >= 15 is 0 Å². The Balaban J connectivity index is 1.55. The molecule has 6 aromatic rings. The van der Waals surface area contributed by atoms with Crippen molar-refractivity contribution >= 4 is 44.9 Å². The van der Waals surface area contributed by atoms with E-state index in [1.165, 1.54) is 55.0 Å². The molecule has 0 fully saturated rings. The SMILES string of the molecule is c1ccc(-c2ccc3c(c2)B2c4ccccc4Oc4ccc5c6ccccc6n-3c5c42)cc1. The molecule has 0 radical (unpaired) electrons. The van der Waals surface area contributed by atoms with Gasteiger partial charge in [-0.3, -0.25) is 0 Å². The van der Waals surface area contributed by atoms with E-state index in [0.717, 1.165) is 11.5 Å². The van der Waals surface area contributed by atoms with E-state index in [-0.39, 0.29) is 6.71 Å². The van der Waals surface area contributed by atoms with E-state index in [2.05, 4.69) is 114 Å². The topological polar surface area (TPSA) is 14.2 Å². The van der Waals surface area contributed by atoms with Gasteiger partial charge in [-0.05, 0) is 57.8 Å². The third-order valence-electron chi connectivity index (χ3n) is 7.26. The largest absolute Gasteiger partial charge is 0.458 e. The fraction of sp³-hybridized carbons (Fsp3) is 0. The van der Waals surface area contributed by atoms with Crippen molar-refractivity contribution in [2.24, 2.45) is 0 Å². The second-order valence-electron chi connectivity index (χ2n) is 8.94. The van der Waals surface area contributed by atoms with Gasteiger partial charge in [0.1, 0.15) is 11.5 Å². The van der Waals surface area contributed by atoms with Crippen LogP contribution in [0.2, 0.25) is 0 Å². The fourth-order valence-corrected chi connectivity index (χ4v) is 5.89. The maximum absolute atomic E-state index is 6.46. The van der Waals surface area contributed by atoms with E-state index in [4.69, 9.17) is 4.74 Å². The third kappa shape index (κ3) is 2.19. The van der Waals surface area contributed by atoms with Crippen LogP contribution in [-0.4, -0.2) is 11.3 Å². The Morgan fingerprint density at radius 1 is 0.576 bits per heavy atom. The van der Waals surface area contributed by atoms with Gasteiger partial charge < -0.3 is 9.30 Å². The number of aromatic nitrogens is 1. The van der Waals surface area contributed by atoms with Crippen molar-refractivity contribution in [1.29, 1.82) is 0 Å². The molecule has 0 saturated heterocycles. The van der Waals surface area contributed by atoms with Crippen molar-refractivity contribution in [3.8, 4) is 28.3 Å². The Morgan fingerprint density at radius 2 is 1.39 bits per heavy atom. The average Bonchev–Trinajstić information content (AvgIpc) is 3.23. The molecule has 0 saturated carbocycles. The summed E-state index contributed by atoms with van der Waals surface area (Å²) in [6.45, 7) is 0.143. The van der Waals surface area contributed by atoms with Crippen LogP contribution in [0.15, 0.2) is 109 Å². The van der Waals surface area contributed by atoms with Crippen LogP contribution >= 0.6 is 0 Å². The first-order valence-corrected chi connectivity index (χ1v) is 11.4. The zero-order valence-electron chi connectivity index (χ0n) is 17.8. The van der Waals surface area contributed by atoms with E-state index in [9.17, 15) is 0 Å². The zero-order chi connectivity index (χ0) is 21.5. The van der Waals surface area contributed by atoms with Gasteiger partial charge in [0.25, 0.3) is 6.71 Å². The molecule has 33 heavy (non-hydrogen) atoms. The van der Waals surface area contributed by atoms with Crippen molar-refractivity contribution in [2.75, 3.05) is 0 Å². The first kappa shape index (κ1) is 17.3. The molecular weight excluding hydrogens is 401 g/mol. The summed E-state index contributed by atoms with van der Waals surface area (Å²) in [4.78, 5) is 0. The van der Waals surface area contributed by atoms with Crippen molar-refractivity contribution in [1.82, 2.24) is 4.57 Å². The number of hydrogen-bond acceptors (Lipinski definition) is 1. The van der Waals surface area contributed by atoms with Crippen LogP contribution in [0.4, 0.5) is 0 Å². The Labute approximate surface area is 191 Å². The Bertz CT molecular complexity index is 1750. The Hall–Kier alpha value is -4.24. The number of benzene rings is 5. The lowest BCUT2D eigenvalue weighted by molar-refractivity contribution is 0.488. The van der Waals surface area contributed by atoms with Crippen LogP contribution in [0.5, 0.6) is 11.5 Å². The summed E-state index contributed by atoms with van der Waals surface area (Å²) in [5.74, 6) is 1.92. The standard InChI is InChI=1S/C30H18BNO/c1-2-8-19(9-3-1)20-14-16-26-24(18-20)31-23-11-5-7-13-27(23)33-28-17-15-22-21-10-4-6-12-25(21)32(26)30(22)29(28)31/h1-18H. The van der Waals surface area contributed by atoms with Gasteiger partial charge in [0.05, 0.1) is 11.0 Å². The van der Waals surface area contributed by atoms with Gasteiger partial charge in [0.2, 0.25) is 0 Å². The molecule has 3 heteroatoms. The van der Waals surface area contributed by atoms with Crippen molar-refractivity contribution in [3.63, 3.8) is 0 Å². The summed E-state index contributed by atoms with van der Waals surface area (Å²) in [5.41, 5.74) is 10.1. The first-order chi connectivity index (χ1) is 16.4. The molecule has 152 valence electrons. The molecule has 0 N–H and O–H groups in total. The van der Waals surface area contributed by atoms with E-state index in [1.54, 1.807) is 0 Å². The summed E-state index contributed by atoms with van der Waals surface area (Å²) >= 11 is 0. The molecule has 0 atom stereocenters. The van der Waals surface area contributed by atoms with Gasteiger partial charge in [-0.25, -0.2) is 0 Å². The van der Waals surface area contributed by atoms with Crippen LogP contribution in [0.25, 0.3) is 38.6 Å². The quantitative estimate of drug-likeness (QED) is 0.326. The van der Waals surface area contributed by atoms with E-state index < -0.39 is 0 Å². The van der Waals surface area contributed by atoms with Crippen molar-refractivity contribution in [3.05, 3.63) is 109 Å². The lowest BCUT2D eigenvalue weighted by atomic mass is 9.34. The number of ether oxygens (including phenoxy) is 1. The molecule has 0 aliphatic carbocycles. The number of para-hydroxylation sites is 2. The van der Waals surface area contributed by atoms with Gasteiger partial charge in [-0.1, -0.05) is 78.9 Å². The summed E-state index contributed by atoms with van der Waals surface area (Å²) in [7, 11) is 0. The average molecular weight is 419 g/mol. The molecule has 0 unspecified atom stereocenters. The minimum atomic E-state index is 0.143. The highest BCUT2D eigenvalue weighted by Gasteiger charge is 2.40. The molecule has 0 amide bonds. The first-order valence-electron chi connectivity index (χ1n) is 11.4. The molecule has 3 heterocycles. The van der Waals surface area contributed by atoms with Gasteiger partial charge in [0.15, 0.2) is 0 Å². The van der Waals surface area contributed by atoms with E-state index in [1.807, 2.05) is 0 Å². The van der Waals surface area contributed by atoms with Crippen LogP contribution in [0.3, 0.4) is 0 Å². The molecule has 1 aromatic heterocycles. The van der Waals surface area contributed by atoms with Crippen LogP contribution in [-0.2, 0) is 0 Å². The predicted molar refractivity (Wildman–Crippen MR) is 137 cm³/mol. The molecule has 2 aliphatic heterocycles. The lowest BCUT2D eigenvalue weighted by Gasteiger charge is -2.33. The number of fused-ring (bicyclic) bond motifs is 8. The molecule has 2 aliphatic rings. The maximum Gasteiger partial charge on any atom is 0.256 e. The van der Waals surface area contributed by atoms with Crippen molar-refractivity contribution < 1.29 is 4.74 Å². The molecule has 5 aromatic carbocycles. The highest BCUT2D eigenvalue weighted by atomic mass is 16.5.